The number of aromatic nitrogens is 1. The number of H-pyrrole nitrogens is 1. The SMILES string of the molecule is O=C1C(c2ccccc2-c2c[nH]c3cccc(F)c23)=Nc2ccccc21. The normalized spacial score (nSPS) is 13.1. The van der Waals surface area contributed by atoms with Gasteiger partial charge in [0.15, 0.2) is 0 Å². The molecule has 124 valence electrons. The molecule has 4 heteroatoms. The van der Waals surface area contributed by atoms with Crippen LogP contribution in [0.1, 0.15) is 15.9 Å². The Hall–Kier alpha value is -3.53. The van der Waals surface area contributed by atoms with Crippen LogP contribution in [0.15, 0.2) is 77.9 Å². The van der Waals surface area contributed by atoms with Crippen molar-refractivity contribution in [1.82, 2.24) is 4.98 Å². The van der Waals surface area contributed by atoms with Crippen LogP contribution in [0.2, 0.25) is 0 Å². The van der Waals surface area contributed by atoms with E-state index in [1.165, 1.54) is 6.07 Å². The zero-order valence-electron chi connectivity index (χ0n) is 13.7. The highest BCUT2D eigenvalue weighted by atomic mass is 19.1. The lowest BCUT2D eigenvalue weighted by Crippen LogP contribution is -2.12. The molecule has 0 unspecified atom stereocenters. The van der Waals surface area contributed by atoms with Crippen LogP contribution in [0, 0.1) is 5.82 Å². The third-order valence-corrected chi connectivity index (χ3v) is 4.72. The molecular weight excluding hydrogens is 327 g/mol. The van der Waals surface area contributed by atoms with E-state index in [1.807, 2.05) is 48.5 Å². The molecule has 0 saturated carbocycles. The largest absolute Gasteiger partial charge is 0.360 e. The lowest BCUT2D eigenvalue weighted by Gasteiger charge is -2.08. The second-order valence-electron chi connectivity index (χ2n) is 6.22. The Bertz CT molecular complexity index is 1220. The van der Waals surface area contributed by atoms with Gasteiger partial charge in [-0.25, -0.2) is 9.38 Å². The van der Waals surface area contributed by atoms with Gasteiger partial charge in [0.1, 0.15) is 11.5 Å². The summed E-state index contributed by atoms with van der Waals surface area (Å²) in [5, 5.41) is 0.517. The van der Waals surface area contributed by atoms with E-state index >= 15 is 0 Å². The molecule has 0 fully saturated rings. The highest BCUT2D eigenvalue weighted by Crippen LogP contribution is 2.36. The molecule has 0 amide bonds. The number of nitrogens with one attached hydrogen (secondary N) is 1. The van der Waals surface area contributed by atoms with Crippen LogP contribution in [-0.4, -0.2) is 16.5 Å². The minimum Gasteiger partial charge on any atom is -0.360 e. The van der Waals surface area contributed by atoms with Crippen LogP contribution in [0.4, 0.5) is 10.1 Å². The van der Waals surface area contributed by atoms with Gasteiger partial charge in [0.25, 0.3) is 0 Å². The Labute approximate surface area is 148 Å². The van der Waals surface area contributed by atoms with Gasteiger partial charge in [-0.2, -0.15) is 0 Å². The third kappa shape index (κ3) is 2.05. The summed E-state index contributed by atoms with van der Waals surface area (Å²) in [4.78, 5) is 20.5. The number of hydrogen-bond acceptors (Lipinski definition) is 2. The maximum Gasteiger partial charge on any atom is 0.214 e. The minimum atomic E-state index is -0.295. The van der Waals surface area contributed by atoms with Crippen LogP contribution in [-0.2, 0) is 0 Å². The minimum absolute atomic E-state index is 0.103. The lowest BCUT2D eigenvalue weighted by molar-refractivity contribution is 0.107. The van der Waals surface area contributed by atoms with Crippen LogP contribution in [0.5, 0.6) is 0 Å². The second-order valence-corrected chi connectivity index (χ2v) is 6.22. The molecule has 0 atom stereocenters. The smallest absolute Gasteiger partial charge is 0.214 e. The van der Waals surface area contributed by atoms with Gasteiger partial charge in [-0.1, -0.05) is 42.5 Å². The van der Waals surface area contributed by atoms with Crippen molar-refractivity contribution < 1.29 is 9.18 Å². The van der Waals surface area contributed by atoms with E-state index < -0.39 is 0 Å². The molecule has 0 radical (unpaired) electrons. The number of carbonyl (C=O) groups excluding carboxylic acids is 1. The Morgan fingerprint density at radius 3 is 2.31 bits per heavy atom. The molecule has 26 heavy (non-hydrogen) atoms. The first kappa shape index (κ1) is 14.8. The topological polar surface area (TPSA) is 45.2 Å². The predicted molar refractivity (Wildman–Crippen MR) is 101 cm³/mol. The average Bonchev–Trinajstić information content (AvgIpc) is 3.25. The first-order valence-electron chi connectivity index (χ1n) is 8.32. The molecule has 0 saturated heterocycles. The van der Waals surface area contributed by atoms with Gasteiger partial charge in [-0.15, -0.1) is 0 Å². The molecule has 1 aliphatic heterocycles. The number of hydrogen-bond donors (Lipinski definition) is 1. The number of benzene rings is 3. The number of nitrogens with zero attached hydrogens (tertiary/aromatic N) is 1. The zero-order chi connectivity index (χ0) is 17.7. The van der Waals surface area contributed by atoms with Crippen molar-refractivity contribution in [2.45, 2.75) is 0 Å². The van der Waals surface area contributed by atoms with Crippen molar-refractivity contribution in [3.8, 4) is 11.1 Å². The molecule has 0 bridgehead atoms. The molecule has 5 rings (SSSR count). The number of rotatable bonds is 2. The van der Waals surface area contributed by atoms with Crippen LogP contribution in [0.3, 0.4) is 0 Å². The number of Topliss-reactive ketones (excluding diaryl/α,β-unsaturated/α-hetero) is 1. The predicted octanol–water partition coefficient (Wildman–Crippen LogP) is 5.29. The van der Waals surface area contributed by atoms with Crippen LogP contribution in [0.25, 0.3) is 22.0 Å². The van der Waals surface area contributed by atoms with Crippen LogP contribution < -0.4 is 0 Å². The number of halogens is 1. The van der Waals surface area contributed by atoms with Crippen molar-refractivity contribution in [2.75, 3.05) is 0 Å². The standard InChI is InChI=1S/C22H13FN2O/c23-17-9-5-11-19-20(17)16(12-24-19)13-6-1-2-7-14(13)21-22(26)15-8-3-4-10-18(15)25-21/h1-12,24H. The number of aliphatic imine (C=N–C) groups is 1. The maximum atomic E-state index is 14.4. The Morgan fingerprint density at radius 2 is 1.50 bits per heavy atom. The molecular formula is C22H13FN2O. The van der Waals surface area contributed by atoms with E-state index in [0.717, 1.165) is 16.6 Å². The van der Waals surface area contributed by atoms with Gasteiger partial charge in [0.2, 0.25) is 5.78 Å². The number of ketones is 1. The van der Waals surface area contributed by atoms with Gasteiger partial charge < -0.3 is 4.98 Å². The van der Waals surface area contributed by atoms with E-state index in [-0.39, 0.29) is 11.6 Å². The molecule has 1 aliphatic rings. The Morgan fingerprint density at radius 1 is 0.769 bits per heavy atom. The fourth-order valence-electron chi connectivity index (χ4n) is 3.52. The first-order valence-corrected chi connectivity index (χ1v) is 8.32. The molecule has 2 heterocycles. The summed E-state index contributed by atoms with van der Waals surface area (Å²) in [7, 11) is 0. The van der Waals surface area contributed by atoms with Crippen molar-refractivity contribution in [3.63, 3.8) is 0 Å². The van der Waals surface area contributed by atoms with Gasteiger partial charge in [0, 0.05) is 33.8 Å². The molecule has 1 aromatic heterocycles. The highest BCUT2D eigenvalue weighted by Gasteiger charge is 2.27. The third-order valence-electron chi connectivity index (χ3n) is 4.72. The van der Waals surface area contributed by atoms with E-state index in [2.05, 4.69) is 9.98 Å². The quantitative estimate of drug-likeness (QED) is 0.529. The molecule has 4 aromatic rings. The maximum absolute atomic E-state index is 14.4. The van der Waals surface area contributed by atoms with Crippen molar-refractivity contribution in [3.05, 3.63) is 89.9 Å². The Balaban J connectivity index is 1.74. The molecule has 0 spiro atoms. The lowest BCUT2D eigenvalue weighted by atomic mass is 9.93. The summed E-state index contributed by atoms with van der Waals surface area (Å²) in [6.07, 6.45) is 1.78. The molecule has 0 aliphatic carbocycles. The number of para-hydroxylation sites is 1. The summed E-state index contributed by atoms with van der Waals surface area (Å²) in [5.41, 5.74) is 4.60. The summed E-state index contributed by atoms with van der Waals surface area (Å²) in [5.74, 6) is -0.398. The first-order chi connectivity index (χ1) is 12.7. The average molecular weight is 340 g/mol. The number of aromatic amines is 1. The number of fused-ring (bicyclic) bond motifs is 2. The van der Waals surface area contributed by atoms with Gasteiger partial charge in [-0.05, 0) is 29.8 Å². The van der Waals surface area contributed by atoms with Crippen molar-refractivity contribution >= 4 is 28.1 Å². The van der Waals surface area contributed by atoms with Gasteiger partial charge in [0.05, 0.1) is 5.69 Å². The molecule has 1 N–H and O–H groups in total. The fourth-order valence-corrected chi connectivity index (χ4v) is 3.52. The summed E-state index contributed by atoms with van der Waals surface area (Å²) in [6.45, 7) is 0. The fraction of sp³-hybridized carbons (Fsp3) is 0. The monoisotopic (exact) mass is 340 g/mol. The highest BCUT2D eigenvalue weighted by molar-refractivity contribution is 6.55. The van der Waals surface area contributed by atoms with Crippen molar-refractivity contribution in [1.29, 1.82) is 0 Å². The van der Waals surface area contributed by atoms with Gasteiger partial charge in [-0.3, -0.25) is 4.79 Å². The van der Waals surface area contributed by atoms with E-state index in [1.54, 1.807) is 18.3 Å². The summed E-state index contributed by atoms with van der Waals surface area (Å²) < 4.78 is 14.4. The van der Waals surface area contributed by atoms with E-state index in [4.69, 9.17) is 0 Å². The second kappa shape index (κ2) is 5.49. The van der Waals surface area contributed by atoms with E-state index in [0.29, 0.717) is 27.9 Å². The zero-order valence-corrected chi connectivity index (χ0v) is 13.7. The summed E-state index contributed by atoms with van der Waals surface area (Å²) in [6, 6.07) is 19.7. The molecule has 3 aromatic carbocycles. The Kier molecular flexibility index (Phi) is 3.12. The molecule has 3 nitrogen and oxygen atoms in total. The van der Waals surface area contributed by atoms with Crippen molar-refractivity contribution in [2.24, 2.45) is 4.99 Å². The number of carbonyl (C=O) groups is 1. The summed E-state index contributed by atoms with van der Waals surface area (Å²) >= 11 is 0. The van der Waals surface area contributed by atoms with Gasteiger partial charge >= 0.3 is 0 Å². The van der Waals surface area contributed by atoms with Crippen LogP contribution >= 0.6 is 0 Å². The van der Waals surface area contributed by atoms with E-state index in [9.17, 15) is 9.18 Å².